The van der Waals surface area contributed by atoms with Crippen molar-refractivity contribution in [2.75, 3.05) is 13.2 Å². The molecule has 0 radical (unpaired) electrons. The van der Waals surface area contributed by atoms with Gasteiger partial charge in [0.2, 0.25) is 0 Å². The van der Waals surface area contributed by atoms with E-state index in [2.05, 4.69) is 15.1 Å². The fourth-order valence-electron chi connectivity index (χ4n) is 3.44. The number of nitrogens with two attached hydrogens (primary N) is 1. The highest BCUT2D eigenvalue weighted by molar-refractivity contribution is 7.13. The Morgan fingerprint density at radius 1 is 1.04 bits per heavy atom. The Morgan fingerprint density at radius 3 is 2.69 bits per heavy atom. The fraction of sp³-hybridized carbons (Fsp3) is 0.389. The van der Waals surface area contributed by atoms with Crippen LogP contribution >= 0.6 is 11.3 Å². The zero-order valence-corrected chi connectivity index (χ0v) is 14.9. The van der Waals surface area contributed by atoms with Gasteiger partial charge in [-0.3, -0.25) is 0 Å². The molecule has 0 atom stereocenters. The summed E-state index contributed by atoms with van der Waals surface area (Å²) in [5, 5.41) is 6.88. The number of hydrogen-bond acceptors (Lipinski definition) is 8. The van der Waals surface area contributed by atoms with Gasteiger partial charge in [-0.15, -0.1) is 11.3 Å². The molecule has 2 aromatic heterocycles. The molecule has 0 amide bonds. The van der Waals surface area contributed by atoms with Crippen molar-refractivity contribution in [2.24, 2.45) is 5.73 Å². The maximum Gasteiger partial charge on any atom is 0.277 e. The highest BCUT2D eigenvalue weighted by Crippen LogP contribution is 2.38. The average Bonchev–Trinajstić information content (AvgIpc) is 3.41. The Kier molecular flexibility index (Phi) is 3.68. The number of aromatic nitrogens is 3. The second-order valence-corrected chi connectivity index (χ2v) is 7.54. The molecule has 0 bridgehead atoms. The highest BCUT2D eigenvalue weighted by Gasteiger charge is 2.36. The number of rotatable bonds is 3. The van der Waals surface area contributed by atoms with Crippen molar-refractivity contribution in [1.29, 1.82) is 0 Å². The van der Waals surface area contributed by atoms with E-state index in [-0.39, 0.29) is 0 Å². The Balaban J connectivity index is 1.43. The lowest BCUT2D eigenvalue weighted by Crippen LogP contribution is -2.34. The summed E-state index contributed by atoms with van der Waals surface area (Å²) in [6, 6.07) is 5.83. The van der Waals surface area contributed by atoms with Gasteiger partial charge in [-0.1, -0.05) is 18.0 Å². The van der Waals surface area contributed by atoms with E-state index in [9.17, 15) is 0 Å². The van der Waals surface area contributed by atoms with Gasteiger partial charge < -0.3 is 19.7 Å². The van der Waals surface area contributed by atoms with Gasteiger partial charge in [0.1, 0.15) is 23.9 Å². The molecule has 5 rings (SSSR count). The first kappa shape index (κ1) is 15.8. The molecule has 1 saturated carbocycles. The third-order valence-electron chi connectivity index (χ3n) is 4.88. The van der Waals surface area contributed by atoms with Crippen molar-refractivity contribution in [3.8, 4) is 33.7 Å². The SMILES string of the molecule is NC1(c2noc(-c3csc(-c4ccc5c(c4)OCCO5)n3)n2)CCCC1. The summed E-state index contributed by atoms with van der Waals surface area (Å²) in [7, 11) is 0. The van der Waals surface area contributed by atoms with E-state index in [4.69, 9.17) is 19.7 Å². The highest BCUT2D eigenvalue weighted by atomic mass is 32.1. The first-order valence-corrected chi connectivity index (χ1v) is 9.58. The van der Waals surface area contributed by atoms with Crippen LogP contribution in [0, 0.1) is 0 Å². The van der Waals surface area contributed by atoms with Crippen LogP contribution in [0.4, 0.5) is 0 Å². The topological polar surface area (TPSA) is 96.3 Å². The maximum atomic E-state index is 6.40. The van der Waals surface area contributed by atoms with E-state index >= 15 is 0 Å². The van der Waals surface area contributed by atoms with E-state index in [1.54, 1.807) is 0 Å². The third-order valence-corrected chi connectivity index (χ3v) is 5.77. The van der Waals surface area contributed by atoms with Gasteiger partial charge in [-0.25, -0.2) is 4.98 Å². The number of benzene rings is 1. The molecule has 1 fully saturated rings. The Labute approximate surface area is 154 Å². The minimum atomic E-state index is -0.462. The van der Waals surface area contributed by atoms with Gasteiger partial charge >= 0.3 is 0 Å². The molecule has 1 aliphatic carbocycles. The molecule has 2 aliphatic rings. The summed E-state index contributed by atoms with van der Waals surface area (Å²) in [6.07, 6.45) is 3.99. The van der Waals surface area contributed by atoms with Crippen LogP contribution in [0.3, 0.4) is 0 Å². The van der Waals surface area contributed by atoms with Crippen molar-refractivity contribution in [3.05, 3.63) is 29.4 Å². The average molecular weight is 370 g/mol. The summed E-state index contributed by atoms with van der Waals surface area (Å²) in [4.78, 5) is 9.16. The van der Waals surface area contributed by atoms with Crippen molar-refractivity contribution >= 4 is 11.3 Å². The number of fused-ring (bicyclic) bond motifs is 1. The molecular formula is C18H18N4O3S. The summed E-state index contributed by atoms with van der Waals surface area (Å²) < 4.78 is 16.6. The van der Waals surface area contributed by atoms with Crippen molar-refractivity contribution in [3.63, 3.8) is 0 Å². The van der Waals surface area contributed by atoms with Gasteiger partial charge in [0.25, 0.3) is 5.89 Å². The molecule has 134 valence electrons. The molecule has 26 heavy (non-hydrogen) atoms. The smallest absolute Gasteiger partial charge is 0.277 e. The summed E-state index contributed by atoms with van der Waals surface area (Å²) in [5.74, 6) is 2.51. The Morgan fingerprint density at radius 2 is 1.85 bits per heavy atom. The minimum Gasteiger partial charge on any atom is -0.486 e. The van der Waals surface area contributed by atoms with E-state index in [1.807, 2.05) is 23.6 Å². The summed E-state index contributed by atoms with van der Waals surface area (Å²) >= 11 is 1.52. The van der Waals surface area contributed by atoms with E-state index in [1.165, 1.54) is 11.3 Å². The maximum absolute atomic E-state index is 6.40. The predicted molar refractivity (Wildman–Crippen MR) is 96.2 cm³/mol. The summed E-state index contributed by atoms with van der Waals surface area (Å²) in [5.41, 5.74) is 7.58. The van der Waals surface area contributed by atoms with Crippen LogP contribution in [0.25, 0.3) is 22.2 Å². The van der Waals surface area contributed by atoms with E-state index in [0.717, 1.165) is 47.8 Å². The molecule has 0 unspecified atom stereocenters. The molecular weight excluding hydrogens is 352 g/mol. The van der Waals surface area contributed by atoms with Crippen molar-refractivity contribution in [1.82, 2.24) is 15.1 Å². The van der Waals surface area contributed by atoms with Crippen LogP contribution in [0.2, 0.25) is 0 Å². The van der Waals surface area contributed by atoms with Crippen LogP contribution in [0.15, 0.2) is 28.1 Å². The van der Waals surface area contributed by atoms with Crippen molar-refractivity contribution in [2.45, 2.75) is 31.2 Å². The van der Waals surface area contributed by atoms with Crippen LogP contribution < -0.4 is 15.2 Å². The molecule has 1 aliphatic heterocycles. The Hall–Kier alpha value is -2.45. The molecule has 3 heterocycles. The lowest BCUT2D eigenvalue weighted by atomic mass is 9.99. The lowest BCUT2D eigenvalue weighted by Gasteiger charge is -2.18. The van der Waals surface area contributed by atoms with Gasteiger partial charge in [-0.05, 0) is 31.0 Å². The van der Waals surface area contributed by atoms with Gasteiger partial charge in [0.15, 0.2) is 17.3 Å². The Bertz CT molecular complexity index is 946. The molecule has 3 aromatic rings. The number of nitrogens with zero attached hydrogens (tertiary/aromatic N) is 3. The molecule has 8 heteroatoms. The second kappa shape index (κ2) is 6.07. The molecule has 0 saturated heterocycles. The normalized spacial score (nSPS) is 18.2. The van der Waals surface area contributed by atoms with E-state index < -0.39 is 5.54 Å². The first-order chi connectivity index (χ1) is 12.7. The first-order valence-electron chi connectivity index (χ1n) is 8.70. The van der Waals surface area contributed by atoms with Gasteiger partial charge in [0, 0.05) is 10.9 Å². The van der Waals surface area contributed by atoms with E-state index in [0.29, 0.717) is 30.6 Å². The van der Waals surface area contributed by atoms with Gasteiger partial charge in [-0.2, -0.15) is 4.98 Å². The number of thiazole rings is 1. The molecule has 7 nitrogen and oxygen atoms in total. The monoisotopic (exact) mass is 370 g/mol. The van der Waals surface area contributed by atoms with Crippen molar-refractivity contribution < 1.29 is 14.0 Å². The zero-order valence-electron chi connectivity index (χ0n) is 14.1. The zero-order chi connectivity index (χ0) is 17.6. The quantitative estimate of drug-likeness (QED) is 0.755. The molecule has 2 N–H and O–H groups in total. The molecule has 1 aromatic carbocycles. The number of ether oxygens (including phenoxy) is 2. The third kappa shape index (κ3) is 2.65. The fourth-order valence-corrected chi connectivity index (χ4v) is 4.23. The molecule has 0 spiro atoms. The summed E-state index contributed by atoms with van der Waals surface area (Å²) in [6.45, 7) is 1.14. The minimum absolute atomic E-state index is 0.414. The lowest BCUT2D eigenvalue weighted by molar-refractivity contribution is 0.171. The van der Waals surface area contributed by atoms with Gasteiger partial charge in [0.05, 0.1) is 5.54 Å². The number of hydrogen-bond donors (Lipinski definition) is 1. The van der Waals surface area contributed by atoms with Crippen LogP contribution in [0.5, 0.6) is 11.5 Å². The predicted octanol–water partition coefficient (Wildman–Crippen LogP) is 3.36. The second-order valence-electron chi connectivity index (χ2n) is 6.68. The van der Waals surface area contributed by atoms with Crippen LogP contribution in [0.1, 0.15) is 31.5 Å². The van der Waals surface area contributed by atoms with Crippen LogP contribution in [-0.2, 0) is 5.54 Å². The standard InChI is InChI=1S/C18H18N4O3S/c19-18(5-1-2-6-18)17-21-15(25-22-17)12-10-26-16(20-12)11-3-4-13-14(9-11)24-8-7-23-13/h3-4,9-10H,1-2,5-8,19H2. The largest absolute Gasteiger partial charge is 0.486 e. The van der Waals surface area contributed by atoms with Crippen LogP contribution in [-0.4, -0.2) is 28.3 Å².